The van der Waals surface area contributed by atoms with Crippen molar-refractivity contribution in [2.24, 2.45) is 0 Å². The van der Waals surface area contributed by atoms with Gasteiger partial charge in [-0.15, -0.1) is 0 Å². The van der Waals surface area contributed by atoms with Crippen LogP contribution in [0.5, 0.6) is 0 Å². The first-order valence-electron chi connectivity index (χ1n) is 6.64. The average molecular weight is 294 g/mol. The highest BCUT2D eigenvalue weighted by molar-refractivity contribution is 5.98. The fourth-order valence-corrected chi connectivity index (χ4v) is 2.54. The molecule has 3 heterocycles. The second kappa shape index (κ2) is 5.17. The number of aromatic nitrogens is 4. The Labute approximate surface area is 117 Å². The summed E-state index contributed by atoms with van der Waals surface area (Å²) in [6.45, 7) is 0.918. The van der Waals surface area contributed by atoms with Crippen molar-refractivity contribution < 1.29 is 14.6 Å². The first-order valence-corrected chi connectivity index (χ1v) is 6.64. The van der Waals surface area contributed by atoms with Crippen LogP contribution in [0.1, 0.15) is 29.8 Å². The number of carboxylic acid groups (broad SMARTS) is 1. The number of nitrogens with one attached hydrogen (secondary N) is 2. The van der Waals surface area contributed by atoms with Crippen molar-refractivity contribution in [2.75, 3.05) is 6.61 Å². The Morgan fingerprint density at radius 3 is 2.86 bits per heavy atom. The summed E-state index contributed by atoms with van der Waals surface area (Å²) in [6.07, 6.45) is 2.72. The van der Waals surface area contributed by atoms with E-state index in [1.807, 2.05) is 0 Å². The topological polar surface area (TPSA) is 130 Å². The van der Waals surface area contributed by atoms with Gasteiger partial charge in [-0.05, 0) is 19.3 Å². The molecule has 9 nitrogen and oxygen atoms in total. The second-order valence-corrected chi connectivity index (χ2v) is 4.96. The maximum Gasteiger partial charge on any atom is 0.358 e. The van der Waals surface area contributed by atoms with Crippen molar-refractivity contribution in [3.63, 3.8) is 0 Å². The van der Waals surface area contributed by atoms with Gasteiger partial charge < -0.3 is 14.8 Å². The van der Waals surface area contributed by atoms with Gasteiger partial charge in [-0.3, -0.25) is 14.5 Å². The lowest BCUT2D eigenvalue weighted by atomic mass is 10.1. The zero-order valence-corrected chi connectivity index (χ0v) is 11.1. The van der Waals surface area contributed by atoms with E-state index in [9.17, 15) is 14.4 Å². The van der Waals surface area contributed by atoms with Gasteiger partial charge in [0.15, 0.2) is 11.2 Å². The van der Waals surface area contributed by atoms with Crippen molar-refractivity contribution in [3.05, 3.63) is 26.5 Å². The molecule has 1 fully saturated rings. The van der Waals surface area contributed by atoms with Gasteiger partial charge in [0.2, 0.25) is 0 Å². The van der Waals surface area contributed by atoms with Gasteiger partial charge in [0.25, 0.3) is 5.56 Å². The molecule has 9 heteroatoms. The van der Waals surface area contributed by atoms with Crippen LogP contribution < -0.4 is 11.2 Å². The van der Waals surface area contributed by atoms with Crippen molar-refractivity contribution in [1.29, 1.82) is 0 Å². The number of nitrogens with zero attached hydrogens (tertiary/aromatic N) is 2. The molecule has 0 saturated carbocycles. The van der Waals surface area contributed by atoms with Crippen LogP contribution in [0.4, 0.5) is 0 Å². The van der Waals surface area contributed by atoms with E-state index in [1.54, 1.807) is 0 Å². The number of carboxylic acids is 1. The predicted octanol–water partition coefficient (Wildman–Crippen LogP) is -0.320. The Morgan fingerprint density at radius 2 is 2.19 bits per heavy atom. The summed E-state index contributed by atoms with van der Waals surface area (Å²) in [5.74, 6) is -1.30. The summed E-state index contributed by atoms with van der Waals surface area (Å²) in [5.41, 5.74) is -1.79. The van der Waals surface area contributed by atoms with E-state index in [1.165, 1.54) is 4.68 Å². The Kier molecular flexibility index (Phi) is 3.34. The van der Waals surface area contributed by atoms with Gasteiger partial charge in [-0.2, -0.15) is 5.10 Å². The summed E-state index contributed by atoms with van der Waals surface area (Å²) < 4.78 is 6.87. The fourth-order valence-electron chi connectivity index (χ4n) is 2.54. The SMILES string of the molecule is O=C(O)c1nn(CC2CCCCO2)c2c(=O)[nH]c(=O)[nH]c12. The minimum atomic E-state index is -1.30. The van der Waals surface area contributed by atoms with Gasteiger partial charge in [-0.25, -0.2) is 9.59 Å². The molecular formula is C12H14N4O5. The Balaban J connectivity index is 2.11. The summed E-state index contributed by atoms with van der Waals surface area (Å²) >= 11 is 0. The third-order valence-corrected chi connectivity index (χ3v) is 3.49. The lowest BCUT2D eigenvalue weighted by molar-refractivity contribution is 0.00458. The molecule has 1 aliphatic rings. The fraction of sp³-hybridized carbons (Fsp3) is 0.500. The minimum absolute atomic E-state index is 0.0428. The molecule has 1 aliphatic heterocycles. The van der Waals surface area contributed by atoms with Gasteiger partial charge in [-0.1, -0.05) is 0 Å². The van der Waals surface area contributed by atoms with Gasteiger partial charge in [0.05, 0.1) is 12.6 Å². The number of fused-ring (bicyclic) bond motifs is 1. The van der Waals surface area contributed by atoms with Crippen LogP contribution in [0.2, 0.25) is 0 Å². The maximum absolute atomic E-state index is 11.9. The molecular weight excluding hydrogens is 280 g/mol. The van der Waals surface area contributed by atoms with E-state index in [2.05, 4.69) is 15.1 Å². The summed E-state index contributed by atoms with van der Waals surface area (Å²) in [4.78, 5) is 38.8. The zero-order valence-electron chi connectivity index (χ0n) is 11.1. The van der Waals surface area contributed by atoms with Gasteiger partial charge in [0, 0.05) is 6.61 Å². The highest BCUT2D eigenvalue weighted by Gasteiger charge is 2.23. The lowest BCUT2D eigenvalue weighted by Crippen LogP contribution is -2.28. The van der Waals surface area contributed by atoms with Crippen molar-refractivity contribution in [1.82, 2.24) is 19.7 Å². The van der Waals surface area contributed by atoms with E-state index in [4.69, 9.17) is 9.84 Å². The van der Waals surface area contributed by atoms with E-state index in [0.29, 0.717) is 6.61 Å². The number of aromatic carboxylic acids is 1. The smallest absolute Gasteiger partial charge is 0.358 e. The Hall–Kier alpha value is -2.42. The predicted molar refractivity (Wildman–Crippen MR) is 71.5 cm³/mol. The monoisotopic (exact) mass is 294 g/mol. The molecule has 0 radical (unpaired) electrons. The zero-order chi connectivity index (χ0) is 15.0. The van der Waals surface area contributed by atoms with Crippen LogP contribution in [-0.2, 0) is 11.3 Å². The highest BCUT2D eigenvalue weighted by atomic mass is 16.5. The molecule has 0 spiro atoms. The number of hydrogen-bond acceptors (Lipinski definition) is 5. The normalized spacial score (nSPS) is 19.0. The molecule has 0 bridgehead atoms. The molecule has 3 N–H and O–H groups in total. The van der Waals surface area contributed by atoms with Crippen molar-refractivity contribution in [3.8, 4) is 0 Å². The van der Waals surface area contributed by atoms with E-state index < -0.39 is 17.2 Å². The molecule has 2 aromatic rings. The highest BCUT2D eigenvalue weighted by Crippen LogP contribution is 2.17. The number of rotatable bonds is 3. The molecule has 0 aromatic carbocycles. The molecule has 1 saturated heterocycles. The molecule has 1 unspecified atom stereocenters. The quantitative estimate of drug-likeness (QED) is 0.711. The van der Waals surface area contributed by atoms with Crippen LogP contribution in [0, 0.1) is 0 Å². The largest absolute Gasteiger partial charge is 0.476 e. The molecule has 0 aliphatic carbocycles. The standard InChI is InChI=1S/C12H14N4O5/c17-10-9-7(13-12(20)14-10)8(11(18)19)15-16(9)5-6-3-1-2-4-21-6/h6H,1-5H2,(H,18,19)(H2,13,14,17,20). The first kappa shape index (κ1) is 13.6. The van der Waals surface area contributed by atoms with Crippen LogP contribution >= 0.6 is 0 Å². The maximum atomic E-state index is 11.9. The Bertz CT molecular complexity index is 796. The van der Waals surface area contributed by atoms with Gasteiger partial charge in [0.1, 0.15) is 5.52 Å². The molecule has 2 aromatic heterocycles. The minimum Gasteiger partial charge on any atom is -0.476 e. The van der Waals surface area contributed by atoms with Crippen LogP contribution in [0.25, 0.3) is 11.0 Å². The van der Waals surface area contributed by atoms with Gasteiger partial charge >= 0.3 is 11.7 Å². The van der Waals surface area contributed by atoms with Crippen LogP contribution in [0.3, 0.4) is 0 Å². The molecule has 112 valence electrons. The van der Waals surface area contributed by atoms with E-state index >= 15 is 0 Å². The van der Waals surface area contributed by atoms with Crippen molar-refractivity contribution >= 4 is 17.0 Å². The van der Waals surface area contributed by atoms with E-state index in [0.717, 1.165) is 19.3 Å². The summed E-state index contributed by atoms with van der Waals surface area (Å²) in [6, 6.07) is 0. The van der Waals surface area contributed by atoms with Crippen LogP contribution in [0.15, 0.2) is 9.59 Å². The molecule has 21 heavy (non-hydrogen) atoms. The number of hydrogen-bond donors (Lipinski definition) is 3. The number of ether oxygens (including phenoxy) is 1. The lowest BCUT2D eigenvalue weighted by Gasteiger charge is -2.22. The Morgan fingerprint density at radius 1 is 1.38 bits per heavy atom. The number of aromatic amines is 2. The van der Waals surface area contributed by atoms with Crippen LogP contribution in [-0.4, -0.2) is 43.5 Å². The summed E-state index contributed by atoms with van der Waals surface area (Å²) in [7, 11) is 0. The molecule has 3 rings (SSSR count). The van der Waals surface area contributed by atoms with E-state index in [-0.39, 0.29) is 29.4 Å². The molecule has 0 amide bonds. The molecule has 1 atom stereocenters. The first-order chi connectivity index (χ1) is 10.1. The summed E-state index contributed by atoms with van der Waals surface area (Å²) in [5, 5.41) is 13.1. The number of carbonyl (C=O) groups is 1. The third-order valence-electron chi connectivity index (χ3n) is 3.49. The third kappa shape index (κ3) is 2.47. The average Bonchev–Trinajstić information content (AvgIpc) is 2.79. The van der Waals surface area contributed by atoms with Crippen molar-refractivity contribution in [2.45, 2.75) is 31.9 Å². The number of H-pyrrole nitrogens is 2. The second-order valence-electron chi connectivity index (χ2n) is 4.96.